The molecule has 0 aliphatic heterocycles. The van der Waals surface area contributed by atoms with Crippen molar-refractivity contribution in [3.05, 3.63) is 40.2 Å². The van der Waals surface area contributed by atoms with Crippen LogP contribution in [0.2, 0.25) is 0 Å². The highest BCUT2D eigenvalue weighted by atomic mass is 32.1. The maximum Gasteiger partial charge on any atom is 0.0769 e. The Morgan fingerprint density at radius 2 is 2.24 bits per heavy atom. The van der Waals surface area contributed by atoms with Gasteiger partial charge in [0.2, 0.25) is 0 Å². The molecule has 2 aromatic heterocycles. The molecule has 21 heavy (non-hydrogen) atoms. The minimum Gasteiger partial charge on any atom is -0.309 e. The predicted octanol–water partition coefficient (Wildman–Crippen LogP) is 3.37. The highest BCUT2D eigenvalue weighted by Gasteiger charge is 2.25. The molecule has 1 aliphatic rings. The van der Waals surface area contributed by atoms with Crippen LogP contribution in [0.4, 0.5) is 0 Å². The number of nitrogens with zero attached hydrogens (tertiary/aromatic N) is 3. The highest BCUT2D eigenvalue weighted by molar-refractivity contribution is 7.05. The molecule has 1 fully saturated rings. The van der Waals surface area contributed by atoms with Crippen molar-refractivity contribution in [1.29, 1.82) is 0 Å². The summed E-state index contributed by atoms with van der Waals surface area (Å²) < 4.78 is 4.00. The van der Waals surface area contributed by atoms with Gasteiger partial charge in [0.1, 0.15) is 0 Å². The third-order valence-electron chi connectivity index (χ3n) is 4.41. The number of hydrogen-bond donors (Lipinski definition) is 1. The lowest BCUT2D eigenvalue weighted by atomic mass is 9.82. The third-order valence-corrected chi connectivity index (χ3v) is 5.23. The first-order chi connectivity index (χ1) is 10.2. The fourth-order valence-electron chi connectivity index (χ4n) is 3.20. The lowest BCUT2D eigenvalue weighted by Gasteiger charge is -2.30. The zero-order valence-electron chi connectivity index (χ0n) is 12.7. The lowest BCUT2D eigenvalue weighted by Crippen LogP contribution is -2.33. The molecule has 0 saturated heterocycles. The fraction of sp³-hybridized carbons (Fsp3) is 0.562. The minimum atomic E-state index is 0.576. The molecule has 2 unspecified atom stereocenters. The van der Waals surface area contributed by atoms with Gasteiger partial charge in [-0.15, -0.1) is 5.10 Å². The van der Waals surface area contributed by atoms with Gasteiger partial charge in [-0.25, -0.2) is 0 Å². The molecule has 1 saturated carbocycles. The van der Waals surface area contributed by atoms with Crippen LogP contribution >= 0.6 is 11.5 Å². The molecule has 2 heterocycles. The van der Waals surface area contributed by atoms with Crippen LogP contribution in [0.5, 0.6) is 0 Å². The zero-order chi connectivity index (χ0) is 14.7. The summed E-state index contributed by atoms with van der Waals surface area (Å²) in [5.41, 5.74) is 3.67. The molecule has 112 valence electrons. The SMILES string of the molecule is Cc1cccnc1C1CCCC(NCc2snnc2C)C1. The van der Waals surface area contributed by atoms with E-state index in [9.17, 15) is 0 Å². The molecule has 0 bridgehead atoms. The Hall–Kier alpha value is -1.33. The molecule has 0 spiro atoms. The van der Waals surface area contributed by atoms with Gasteiger partial charge in [0, 0.05) is 30.4 Å². The predicted molar refractivity (Wildman–Crippen MR) is 85.5 cm³/mol. The maximum absolute atomic E-state index is 4.61. The number of aryl methyl sites for hydroxylation is 2. The van der Waals surface area contributed by atoms with Gasteiger partial charge in [-0.1, -0.05) is 17.0 Å². The van der Waals surface area contributed by atoms with Crippen molar-refractivity contribution in [2.45, 2.75) is 58.0 Å². The van der Waals surface area contributed by atoms with E-state index in [2.05, 4.69) is 32.9 Å². The Morgan fingerprint density at radius 3 is 3.00 bits per heavy atom. The van der Waals surface area contributed by atoms with Crippen LogP contribution in [0.25, 0.3) is 0 Å². The smallest absolute Gasteiger partial charge is 0.0769 e. The first-order valence-electron chi connectivity index (χ1n) is 7.66. The van der Waals surface area contributed by atoms with Crippen molar-refractivity contribution in [3.8, 4) is 0 Å². The second kappa shape index (κ2) is 6.62. The number of hydrogen-bond acceptors (Lipinski definition) is 5. The number of pyridine rings is 1. The van der Waals surface area contributed by atoms with Gasteiger partial charge in [-0.05, 0) is 56.3 Å². The summed E-state index contributed by atoms with van der Waals surface area (Å²) in [6.45, 7) is 5.09. The van der Waals surface area contributed by atoms with E-state index in [1.165, 1.54) is 53.4 Å². The summed E-state index contributed by atoms with van der Waals surface area (Å²) in [5, 5.41) is 7.76. The van der Waals surface area contributed by atoms with Crippen molar-refractivity contribution in [2.75, 3.05) is 0 Å². The number of rotatable bonds is 4. The quantitative estimate of drug-likeness (QED) is 0.941. The van der Waals surface area contributed by atoms with Crippen molar-refractivity contribution in [2.24, 2.45) is 0 Å². The van der Waals surface area contributed by atoms with Crippen LogP contribution in [0.15, 0.2) is 18.3 Å². The first-order valence-corrected chi connectivity index (χ1v) is 8.44. The molecule has 1 aliphatic carbocycles. The van der Waals surface area contributed by atoms with Gasteiger partial charge in [0.15, 0.2) is 0 Å². The fourth-order valence-corrected chi connectivity index (χ4v) is 3.78. The van der Waals surface area contributed by atoms with Gasteiger partial charge in [-0.3, -0.25) is 4.98 Å². The Bertz CT molecular complexity index is 595. The van der Waals surface area contributed by atoms with Crippen LogP contribution in [-0.2, 0) is 6.54 Å². The van der Waals surface area contributed by atoms with Crippen molar-refractivity contribution < 1.29 is 0 Å². The van der Waals surface area contributed by atoms with Crippen LogP contribution < -0.4 is 5.32 Å². The highest BCUT2D eigenvalue weighted by Crippen LogP contribution is 2.33. The first kappa shape index (κ1) is 14.6. The standard InChI is InChI=1S/C16H22N4S/c1-11-5-4-8-17-16(11)13-6-3-7-14(9-13)18-10-15-12(2)19-20-21-15/h4-5,8,13-14,18H,3,6-7,9-10H2,1-2H3. The zero-order valence-corrected chi connectivity index (χ0v) is 13.5. The van der Waals surface area contributed by atoms with Gasteiger partial charge in [0.05, 0.1) is 10.6 Å². The summed E-state index contributed by atoms with van der Waals surface area (Å²) in [6, 6.07) is 4.77. The van der Waals surface area contributed by atoms with Crippen LogP contribution in [-0.4, -0.2) is 20.6 Å². The average molecular weight is 302 g/mol. The normalized spacial score (nSPS) is 22.4. The maximum atomic E-state index is 4.61. The van der Waals surface area contributed by atoms with E-state index in [0.717, 1.165) is 12.2 Å². The second-order valence-electron chi connectivity index (χ2n) is 5.93. The van der Waals surface area contributed by atoms with E-state index in [1.54, 1.807) is 0 Å². The van der Waals surface area contributed by atoms with E-state index in [4.69, 9.17) is 0 Å². The molecular formula is C16H22N4S. The van der Waals surface area contributed by atoms with Crippen LogP contribution in [0.1, 0.15) is 53.4 Å². The van der Waals surface area contributed by atoms with Crippen molar-refractivity contribution in [3.63, 3.8) is 0 Å². The average Bonchev–Trinajstić information content (AvgIpc) is 2.91. The lowest BCUT2D eigenvalue weighted by molar-refractivity contribution is 0.334. The van der Waals surface area contributed by atoms with E-state index in [1.807, 2.05) is 19.2 Å². The van der Waals surface area contributed by atoms with Gasteiger partial charge >= 0.3 is 0 Å². The Morgan fingerprint density at radius 1 is 1.33 bits per heavy atom. The van der Waals surface area contributed by atoms with Crippen molar-refractivity contribution in [1.82, 2.24) is 19.9 Å². The summed E-state index contributed by atoms with van der Waals surface area (Å²) in [5.74, 6) is 0.595. The molecule has 0 radical (unpaired) electrons. The second-order valence-corrected chi connectivity index (χ2v) is 6.77. The topological polar surface area (TPSA) is 50.7 Å². The molecule has 1 N–H and O–H groups in total. The molecule has 2 atom stereocenters. The molecule has 2 aromatic rings. The Labute approximate surface area is 130 Å². The third kappa shape index (κ3) is 3.47. The number of aromatic nitrogens is 3. The summed E-state index contributed by atoms with van der Waals surface area (Å²) in [7, 11) is 0. The van der Waals surface area contributed by atoms with Gasteiger partial charge in [0.25, 0.3) is 0 Å². The summed E-state index contributed by atoms with van der Waals surface area (Å²) in [6.07, 6.45) is 6.90. The van der Waals surface area contributed by atoms with E-state index in [-0.39, 0.29) is 0 Å². The number of nitrogens with one attached hydrogen (secondary N) is 1. The molecule has 5 heteroatoms. The monoisotopic (exact) mass is 302 g/mol. The van der Waals surface area contributed by atoms with E-state index >= 15 is 0 Å². The van der Waals surface area contributed by atoms with E-state index < -0.39 is 0 Å². The van der Waals surface area contributed by atoms with Crippen molar-refractivity contribution >= 4 is 11.5 Å². The molecule has 0 aromatic carbocycles. The van der Waals surface area contributed by atoms with Crippen LogP contribution in [0.3, 0.4) is 0 Å². The Kier molecular flexibility index (Phi) is 4.60. The van der Waals surface area contributed by atoms with E-state index in [0.29, 0.717) is 12.0 Å². The molecule has 0 amide bonds. The molecular weight excluding hydrogens is 280 g/mol. The molecule has 4 nitrogen and oxygen atoms in total. The minimum absolute atomic E-state index is 0.576. The molecule has 3 rings (SSSR count). The van der Waals surface area contributed by atoms with Crippen LogP contribution in [0, 0.1) is 13.8 Å². The summed E-state index contributed by atoms with van der Waals surface area (Å²) >= 11 is 1.50. The largest absolute Gasteiger partial charge is 0.309 e. The van der Waals surface area contributed by atoms with Gasteiger partial charge < -0.3 is 5.32 Å². The summed E-state index contributed by atoms with van der Waals surface area (Å²) in [4.78, 5) is 5.87. The van der Waals surface area contributed by atoms with Gasteiger partial charge in [-0.2, -0.15) is 0 Å². The Balaban J connectivity index is 1.61.